The van der Waals surface area contributed by atoms with Gasteiger partial charge in [-0.2, -0.15) is 0 Å². The summed E-state index contributed by atoms with van der Waals surface area (Å²) in [5.74, 6) is -0.318. The molecule has 144 valence electrons. The second kappa shape index (κ2) is 8.10. The average molecular weight is 385 g/mol. The van der Waals surface area contributed by atoms with Crippen LogP contribution in [-0.2, 0) is 11.3 Å². The van der Waals surface area contributed by atoms with E-state index in [4.69, 9.17) is 0 Å². The van der Waals surface area contributed by atoms with Gasteiger partial charge in [0.05, 0.1) is 5.69 Å². The van der Waals surface area contributed by atoms with Crippen LogP contribution < -0.4 is 5.32 Å². The summed E-state index contributed by atoms with van der Waals surface area (Å²) in [7, 11) is 0. The fourth-order valence-electron chi connectivity index (χ4n) is 3.25. The minimum atomic E-state index is -0.220. The maximum Gasteiger partial charge on any atom is 0.221 e. The molecule has 1 amide bonds. The number of nitrogens with zero attached hydrogens (tertiary/aromatic N) is 2. The van der Waals surface area contributed by atoms with Crippen molar-refractivity contribution in [2.75, 3.05) is 5.32 Å². The molecule has 3 aromatic carbocycles. The molecule has 0 radical (unpaired) electrons. The van der Waals surface area contributed by atoms with Crippen LogP contribution in [0.25, 0.3) is 10.9 Å². The molecule has 4 rings (SSSR count). The van der Waals surface area contributed by atoms with Crippen molar-refractivity contribution in [3.8, 4) is 0 Å². The number of rotatable bonds is 5. The summed E-state index contributed by atoms with van der Waals surface area (Å²) in [6.07, 6.45) is 3.83. The molecule has 1 aromatic heterocycles. The number of benzene rings is 3. The summed E-state index contributed by atoms with van der Waals surface area (Å²) in [5.41, 5.74) is 4.56. The third-order valence-electron chi connectivity index (χ3n) is 4.59. The number of hydrogen-bond acceptors (Lipinski definition) is 2. The first-order valence-corrected chi connectivity index (χ1v) is 9.32. The highest BCUT2D eigenvalue weighted by atomic mass is 19.1. The summed E-state index contributed by atoms with van der Waals surface area (Å²) in [6, 6.07) is 22.2. The fraction of sp³-hybridized carbons (Fsp3) is 0.0833. The van der Waals surface area contributed by atoms with Crippen LogP contribution in [0.15, 0.2) is 84.0 Å². The lowest BCUT2D eigenvalue weighted by Crippen LogP contribution is -2.04. The van der Waals surface area contributed by atoms with Crippen molar-refractivity contribution in [1.82, 2.24) is 4.57 Å². The SMILES string of the molecule is CC(=O)Nc1ccc(N=Cc2ccc3c(ccn3Cc3cccc(F)c3)c2)cc1. The summed E-state index contributed by atoms with van der Waals surface area (Å²) in [6.45, 7) is 2.10. The molecule has 4 nitrogen and oxygen atoms in total. The number of amides is 1. The monoisotopic (exact) mass is 385 g/mol. The number of carbonyl (C=O) groups excluding carboxylic acids is 1. The van der Waals surface area contributed by atoms with E-state index < -0.39 is 0 Å². The zero-order valence-electron chi connectivity index (χ0n) is 16.0. The molecule has 5 heteroatoms. The Morgan fingerprint density at radius 2 is 1.90 bits per heavy atom. The highest BCUT2D eigenvalue weighted by Gasteiger charge is 2.04. The van der Waals surface area contributed by atoms with Gasteiger partial charge in [0.15, 0.2) is 0 Å². The molecule has 0 unspecified atom stereocenters. The van der Waals surface area contributed by atoms with Crippen molar-refractivity contribution in [3.63, 3.8) is 0 Å². The highest BCUT2D eigenvalue weighted by molar-refractivity contribution is 5.91. The number of aromatic nitrogens is 1. The summed E-state index contributed by atoms with van der Waals surface area (Å²) in [4.78, 5) is 15.6. The van der Waals surface area contributed by atoms with Crippen LogP contribution in [0.1, 0.15) is 18.1 Å². The van der Waals surface area contributed by atoms with Crippen LogP contribution >= 0.6 is 0 Å². The number of aliphatic imine (C=N–C) groups is 1. The minimum Gasteiger partial charge on any atom is -0.343 e. The molecule has 0 aliphatic carbocycles. The Balaban J connectivity index is 1.51. The predicted molar refractivity (Wildman–Crippen MR) is 115 cm³/mol. The summed E-state index contributed by atoms with van der Waals surface area (Å²) < 4.78 is 15.5. The van der Waals surface area contributed by atoms with Crippen molar-refractivity contribution < 1.29 is 9.18 Å². The van der Waals surface area contributed by atoms with Crippen LogP contribution in [-0.4, -0.2) is 16.7 Å². The molecule has 0 saturated carbocycles. The number of halogens is 1. The molecule has 1 heterocycles. The molecular formula is C24H20FN3O. The molecular weight excluding hydrogens is 365 g/mol. The Bertz CT molecular complexity index is 1190. The van der Waals surface area contributed by atoms with Crippen LogP contribution in [0.2, 0.25) is 0 Å². The van der Waals surface area contributed by atoms with Gasteiger partial charge in [0.25, 0.3) is 0 Å². The lowest BCUT2D eigenvalue weighted by Gasteiger charge is -2.06. The van der Waals surface area contributed by atoms with E-state index in [1.54, 1.807) is 12.1 Å². The van der Waals surface area contributed by atoms with Crippen LogP contribution in [0.5, 0.6) is 0 Å². The maximum atomic E-state index is 13.4. The van der Waals surface area contributed by atoms with Gasteiger partial charge in [-0.15, -0.1) is 0 Å². The molecule has 0 fully saturated rings. The zero-order valence-corrected chi connectivity index (χ0v) is 16.0. The third-order valence-corrected chi connectivity index (χ3v) is 4.59. The van der Waals surface area contributed by atoms with E-state index in [1.165, 1.54) is 13.0 Å². The Morgan fingerprint density at radius 1 is 1.07 bits per heavy atom. The number of fused-ring (bicyclic) bond motifs is 1. The number of anilines is 1. The second-order valence-corrected chi connectivity index (χ2v) is 6.88. The minimum absolute atomic E-state index is 0.0983. The Labute approximate surface area is 168 Å². The standard InChI is InChI=1S/C24H20FN3O/c1-17(29)27-23-8-6-22(7-9-23)26-15-18-5-10-24-20(13-18)11-12-28(24)16-19-3-2-4-21(25)14-19/h2-15H,16H2,1H3,(H,27,29). The lowest BCUT2D eigenvalue weighted by atomic mass is 10.1. The first kappa shape index (κ1) is 18.6. The van der Waals surface area contributed by atoms with E-state index in [0.29, 0.717) is 6.54 Å². The second-order valence-electron chi connectivity index (χ2n) is 6.88. The number of carbonyl (C=O) groups is 1. The van der Waals surface area contributed by atoms with Gasteiger partial charge in [-0.05, 0) is 65.7 Å². The van der Waals surface area contributed by atoms with Crippen molar-refractivity contribution in [1.29, 1.82) is 0 Å². The van der Waals surface area contributed by atoms with E-state index in [9.17, 15) is 9.18 Å². The normalized spacial score (nSPS) is 11.2. The van der Waals surface area contributed by atoms with Crippen LogP contribution in [0.4, 0.5) is 15.8 Å². The van der Waals surface area contributed by atoms with Gasteiger partial charge in [0.2, 0.25) is 5.91 Å². The molecule has 0 saturated heterocycles. The third kappa shape index (κ3) is 4.58. The number of nitrogens with one attached hydrogen (secondary N) is 1. The van der Waals surface area contributed by atoms with Crippen molar-refractivity contribution in [3.05, 3.63) is 95.9 Å². The number of hydrogen-bond donors (Lipinski definition) is 1. The maximum absolute atomic E-state index is 13.4. The Kier molecular flexibility index (Phi) is 5.20. The van der Waals surface area contributed by atoms with E-state index in [0.717, 1.165) is 33.4 Å². The van der Waals surface area contributed by atoms with Crippen LogP contribution in [0.3, 0.4) is 0 Å². The quantitative estimate of drug-likeness (QED) is 0.451. The van der Waals surface area contributed by atoms with Crippen molar-refractivity contribution >= 4 is 34.4 Å². The lowest BCUT2D eigenvalue weighted by molar-refractivity contribution is -0.114. The van der Waals surface area contributed by atoms with E-state index in [2.05, 4.69) is 27.0 Å². The van der Waals surface area contributed by atoms with Gasteiger partial charge >= 0.3 is 0 Å². The van der Waals surface area contributed by atoms with Gasteiger partial charge in [-0.3, -0.25) is 9.79 Å². The van der Waals surface area contributed by atoms with Crippen molar-refractivity contribution in [2.24, 2.45) is 4.99 Å². The topological polar surface area (TPSA) is 46.4 Å². The van der Waals surface area contributed by atoms with Gasteiger partial charge in [0.1, 0.15) is 5.82 Å². The molecule has 0 bridgehead atoms. The van der Waals surface area contributed by atoms with Gasteiger partial charge in [0, 0.05) is 42.5 Å². The molecule has 0 spiro atoms. The molecule has 4 aromatic rings. The van der Waals surface area contributed by atoms with E-state index in [-0.39, 0.29) is 11.7 Å². The molecule has 0 atom stereocenters. The van der Waals surface area contributed by atoms with Crippen LogP contribution in [0, 0.1) is 5.82 Å². The van der Waals surface area contributed by atoms with E-state index in [1.807, 2.05) is 54.9 Å². The molecule has 0 aliphatic rings. The van der Waals surface area contributed by atoms with Crippen molar-refractivity contribution in [2.45, 2.75) is 13.5 Å². The first-order chi connectivity index (χ1) is 14.1. The summed E-state index contributed by atoms with van der Waals surface area (Å²) in [5, 5.41) is 3.84. The smallest absolute Gasteiger partial charge is 0.221 e. The van der Waals surface area contributed by atoms with Gasteiger partial charge < -0.3 is 9.88 Å². The molecule has 0 aliphatic heterocycles. The predicted octanol–water partition coefficient (Wildman–Crippen LogP) is 5.54. The highest BCUT2D eigenvalue weighted by Crippen LogP contribution is 2.20. The van der Waals surface area contributed by atoms with Gasteiger partial charge in [-0.25, -0.2) is 4.39 Å². The van der Waals surface area contributed by atoms with E-state index >= 15 is 0 Å². The largest absolute Gasteiger partial charge is 0.343 e. The first-order valence-electron chi connectivity index (χ1n) is 9.32. The molecule has 1 N–H and O–H groups in total. The summed E-state index contributed by atoms with van der Waals surface area (Å²) >= 11 is 0. The zero-order chi connectivity index (χ0) is 20.2. The Morgan fingerprint density at radius 3 is 2.66 bits per heavy atom. The fourth-order valence-corrected chi connectivity index (χ4v) is 3.25. The molecule has 29 heavy (non-hydrogen) atoms. The van der Waals surface area contributed by atoms with Gasteiger partial charge in [-0.1, -0.05) is 18.2 Å². The average Bonchev–Trinajstić information content (AvgIpc) is 3.09. The Hall–Kier alpha value is -3.73.